The zero-order chi connectivity index (χ0) is 9.68. The Balaban J connectivity index is 2.39. The smallest absolute Gasteiger partial charge is 0.0689 e. The van der Waals surface area contributed by atoms with Crippen molar-refractivity contribution in [2.45, 2.75) is 38.0 Å². The number of rotatable bonds is 5. The molecule has 1 heterocycles. The topological polar surface area (TPSA) is 0 Å². The van der Waals surface area contributed by atoms with Crippen molar-refractivity contribution in [3.05, 3.63) is 20.8 Å². The van der Waals surface area contributed by atoms with E-state index >= 15 is 0 Å². The van der Waals surface area contributed by atoms with Gasteiger partial charge in [0.2, 0.25) is 0 Å². The first-order chi connectivity index (χ1) is 6.25. The maximum Gasteiger partial charge on any atom is 0.0689 e. The first-order valence-electron chi connectivity index (χ1n) is 4.62. The molecule has 0 radical (unpaired) electrons. The molecule has 0 nitrogen and oxygen atoms in total. The molecule has 0 saturated carbocycles. The third-order valence-corrected chi connectivity index (χ3v) is 4.54. The molecule has 1 atom stereocenters. The van der Waals surface area contributed by atoms with Crippen molar-refractivity contribution in [3.63, 3.8) is 0 Å². The van der Waals surface area contributed by atoms with Gasteiger partial charge >= 0.3 is 0 Å². The molecule has 0 spiro atoms. The van der Waals surface area contributed by atoms with Crippen molar-refractivity contribution in [1.29, 1.82) is 0 Å². The van der Waals surface area contributed by atoms with E-state index in [-0.39, 0.29) is 5.38 Å². The van der Waals surface area contributed by atoms with Crippen molar-refractivity contribution in [2.24, 2.45) is 0 Å². The summed E-state index contributed by atoms with van der Waals surface area (Å²) in [6, 6.07) is 2.06. The Kier molecular flexibility index (Phi) is 5.37. The van der Waals surface area contributed by atoms with Gasteiger partial charge in [0.1, 0.15) is 0 Å². The second-order valence-electron chi connectivity index (χ2n) is 3.10. The average molecular weight is 282 g/mol. The van der Waals surface area contributed by atoms with Crippen LogP contribution >= 0.6 is 38.9 Å². The van der Waals surface area contributed by atoms with Crippen LogP contribution in [0.5, 0.6) is 0 Å². The zero-order valence-electron chi connectivity index (χ0n) is 7.72. The van der Waals surface area contributed by atoms with Gasteiger partial charge in [-0.1, -0.05) is 26.2 Å². The molecule has 1 aromatic heterocycles. The predicted octanol–water partition coefficient (Wildman–Crippen LogP) is 5.37. The highest BCUT2D eigenvalue weighted by atomic mass is 79.9. The normalized spacial score (nSPS) is 13.2. The highest BCUT2D eigenvalue weighted by molar-refractivity contribution is 9.10. The first-order valence-corrected chi connectivity index (χ1v) is 6.73. The third kappa shape index (κ3) is 3.61. The Morgan fingerprint density at radius 3 is 2.85 bits per heavy atom. The van der Waals surface area contributed by atoms with Crippen molar-refractivity contribution >= 4 is 38.9 Å². The molecule has 3 heteroatoms. The SMILES string of the molecule is CCCCCC(Cl)c1sccc1Br. The van der Waals surface area contributed by atoms with Crippen LogP contribution in [0.1, 0.15) is 42.9 Å². The zero-order valence-corrected chi connectivity index (χ0v) is 10.9. The summed E-state index contributed by atoms with van der Waals surface area (Å²) in [7, 11) is 0. The van der Waals surface area contributed by atoms with Crippen molar-refractivity contribution in [2.75, 3.05) is 0 Å². The lowest BCUT2D eigenvalue weighted by atomic mass is 10.1. The molecule has 0 aromatic carbocycles. The summed E-state index contributed by atoms with van der Waals surface area (Å²) in [5.41, 5.74) is 0. The number of unbranched alkanes of at least 4 members (excludes halogenated alkanes) is 2. The fraction of sp³-hybridized carbons (Fsp3) is 0.600. The van der Waals surface area contributed by atoms with Crippen LogP contribution in [0.3, 0.4) is 0 Å². The number of thiophene rings is 1. The summed E-state index contributed by atoms with van der Waals surface area (Å²) >= 11 is 11.5. The molecule has 0 N–H and O–H groups in total. The lowest BCUT2D eigenvalue weighted by Crippen LogP contribution is -1.87. The van der Waals surface area contributed by atoms with Gasteiger partial charge in [-0.3, -0.25) is 0 Å². The van der Waals surface area contributed by atoms with Gasteiger partial charge in [0, 0.05) is 9.35 Å². The van der Waals surface area contributed by atoms with E-state index in [4.69, 9.17) is 11.6 Å². The molecular weight excluding hydrogens is 268 g/mol. The molecule has 0 aliphatic rings. The molecule has 0 amide bonds. The fourth-order valence-corrected chi connectivity index (χ4v) is 3.45. The molecule has 13 heavy (non-hydrogen) atoms. The lowest BCUT2D eigenvalue weighted by molar-refractivity contribution is 0.658. The molecular formula is C10H14BrClS. The van der Waals surface area contributed by atoms with E-state index in [1.165, 1.54) is 24.1 Å². The largest absolute Gasteiger partial charge is 0.146 e. The van der Waals surface area contributed by atoms with Crippen LogP contribution in [-0.2, 0) is 0 Å². The van der Waals surface area contributed by atoms with Crippen LogP contribution in [0, 0.1) is 0 Å². The minimum absolute atomic E-state index is 0.195. The maximum absolute atomic E-state index is 6.27. The molecule has 0 aliphatic heterocycles. The highest BCUT2D eigenvalue weighted by Crippen LogP contribution is 2.35. The van der Waals surface area contributed by atoms with E-state index in [0.29, 0.717) is 0 Å². The van der Waals surface area contributed by atoms with E-state index in [1.54, 1.807) is 11.3 Å². The van der Waals surface area contributed by atoms with Gasteiger partial charge in [0.25, 0.3) is 0 Å². The number of alkyl halides is 1. The van der Waals surface area contributed by atoms with Gasteiger partial charge in [0.15, 0.2) is 0 Å². The van der Waals surface area contributed by atoms with Crippen LogP contribution in [0.4, 0.5) is 0 Å². The quantitative estimate of drug-likeness (QED) is 0.503. The highest BCUT2D eigenvalue weighted by Gasteiger charge is 2.11. The molecule has 0 saturated heterocycles. The summed E-state index contributed by atoms with van der Waals surface area (Å²) in [4.78, 5) is 1.28. The van der Waals surface area contributed by atoms with Crippen LogP contribution in [0.15, 0.2) is 15.9 Å². The first kappa shape index (κ1) is 11.5. The Hall–Kier alpha value is 0.470. The van der Waals surface area contributed by atoms with Gasteiger partial charge < -0.3 is 0 Å². The molecule has 1 unspecified atom stereocenters. The van der Waals surface area contributed by atoms with Gasteiger partial charge in [0.05, 0.1) is 5.38 Å². The Labute approximate surface area is 97.4 Å². The standard InChI is InChI=1S/C10H14BrClS/c1-2-3-4-5-9(12)10-8(11)6-7-13-10/h6-7,9H,2-5H2,1H3. The van der Waals surface area contributed by atoms with Crippen LogP contribution < -0.4 is 0 Å². The Morgan fingerprint density at radius 1 is 1.54 bits per heavy atom. The Morgan fingerprint density at radius 2 is 2.31 bits per heavy atom. The van der Waals surface area contributed by atoms with Gasteiger partial charge in [-0.05, 0) is 33.8 Å². The fourth-order valence-electron chi connectivity index (χ4n) is 1.23. The molecule has 0 fully saturated rings. The van der Waals surface area contributed by atoms with E-state index in [9.17, 15) is 0 Å². The number of hydrogen-bond donors (Lipinski definition) is 0. The van der Waals surface area contributed by atoms with E-state index < -0.39 is 0 Å². The number of hydrogen-bond acceptors (Lipinski definition) is 1. The van der Waals surface area contributed by atoms with Crippen LogP contribution in [0.25, 0.3) is 0 Å². The predicted molar refractivity (Wildman–Crippen MR) is 64.8 cm³/mol. The van der Waals surface area contributed by atoms with Gasteiger partial charge in [-0.25, -0.2) is 0 Å². The Bertz CT molecular complexity index is 247. The van der Waals surface area contributed by atoms with Gasteiger partial charge in [-0.2, -0.15) is 0 Å². The third-order valence-electron chi connectivity index (χ3n) is 1.99. The molecule has 0 aliphatic carbocycles. The monoisotopic (exact) mass is 280 g/mol. The van der Waals surface area contributed by atoms with Crippen LogP contribution in [0.2, 0.25) is 0 Å². The maximum atomic E-state index is 6.27. The number of halogens is 2. The summed E-state index contributed by atoms with van der Waals surface area (Å²) in [5, 5.41) is 2.27. The molecule has 1 aromatic rings. The summed E-state index contributed by atoms with van der Waals surface area (Å²) in [6.45, 7) is 2.21. The van der Waals surface area contributed by atoms with Crippen molar-refractivity contribution < 1.29 is 0 Å². The van der Waals surface area contributed by atoms with E-state index in [0.717, 1.165) is 10.9 Å². The van der Waals surface area contributed by atoms with Crippen molar-refractivity contribution in [1.82, 2.24) is 0 Å². The van der Waals surface area contributed by atoms with Gasteiger partial charge in [-0.15, -0.1) is 22.9 Å². The minimum atomic E-state index is 0.195. The van der Waals surface area contributed by atoms with E-state index in [2.05, 4.69) is 34.3 Å². The molecule has 0 bridgehead atoms. The second-order valence-corrected chi connectivity index (χ2v) is 5.42. The summed E-state index contributed by atoms with van der Waals surface area (Å²) in [5.74, 6) is 0. The summed E-state index contributed by atoms with van der Waals surface area (Å²) in [6.07, 6.45) is 4.87. The molecule has 1 rings (SSSR count). The summed E-state index contributed by atoms with van der Waals surface area (Å²) < 4.78 is 1.16. The lowest BCUT2D eigenvalue weighted by Gasteiger charge is -2.06. The van der Waals surface area contributed by atoms with Crippen molar-refractivity contribution in [3.8, 4) is 0 Å². The van der Waals surface area contributed by atoms with Crippen LogP contribution in [-0.4, -0.2) is 0 Å². The second kappa shape index (κ2) is 6.05. The average Bonchev–Trinajstić information content (AvgIpc) is 2.52. The molecule has 74 valence electrons. The van der Waals surface area contributed by atoms with E-state index in [1.807, 2.05) is 0 Å². The minimum Gasteiger partial charge on any atom is -0.146 e.